The summed E-state index contributed by atoms with van der Waals surface area (Å²) in [4.78, 5) is 14.4. The zero-order chi connectivity index (χ0) is 21.8. The van der Waals surface area contributed by atoms with Gasteiger partial charge in [-0.3, -0.25) is 4.79 Å². The molecular weight excluding hydrogens is 424 g/mol. The summed E-state index contributed by atoms with van der Waals surface area (Å²) in [6, 6.07) is 16.8. The molecule has 5 nitrogen and oxygen atoms in total. The predicted octanol–water partition coefficient (Wildman–Crippen LogP) is 5.58. The lowest BCUT2D eigenvalue weighted by Crippen LogP contribution is -2.12. The van der Waals surface area contributed by atoms with E-state index in [4.69, 9.17) is 0 Å². The highest BCUT2D eigenvalue weighted by molar-refractivity contribution is 7.99. The topological polar surface area (TPSA) is 52.7 Å². The van der Waals surface area contributed by atoms with Crippen LogP contribution in [0.2, 0.25) is 0 Å². The molecule has 1 unspecified atom stereocenters. The van der Waals surface area contributed by atoms with E-state index in [1.807, 2.05) is 23.6 Å². The number of hydrogen-bond acceptors (Lipinski definition) is 5. The zero-order valence-electron chi connectivity index (χ0n) is 18.0. The normalized spacial score (nSPS) is 12.2. The van der Waals surface area contributed by atoms with Gasteiger partial charge in [-0.15, -0.1) is 21.5 Å². The molecule has 3 aromatic heterocycles. The van der Waals surface area contributed by atoms with Crippen LogP contribution >= 0.6 is 23.1 Å². The second-order valence-corrected chi connectivity index (χ2v) is 9.56. The van der Waals surface area contributed by atoms with Crippen molar-refractivity contribution in [2.75, 3.05) is 5.75 Å². The number of thiophene rings is 1. The Bertz CT molecular complexity index is 1150. The number of nitrogens with zero attached hydrogens (tertiary/aromatic N) is 4. The van der Waals surface area contributed by atoms with Gasteiger partial charge < -0.3 is 9.13 Å². The molecule has 4 aromatic rings. The fourth-order valence-corrected chi connectivity index (χ4v) is 5.46. The van der Waals surface area contributed by atoms with Crippen LogP contribution < -0.4 is 0 Å². The molecule has 1 atom stereocenters. The Morgan fingerprint density at radius 2 is 1.97 bits per heavy atom. The van der Waals surface area contributed by atoms with Crippen molar-refractivity contribution in [2.45, 2.75) is 44.9 Å². The number of ketones is 1. The van der Waals surface area contributed by atoms with Crippen LogP contribution in [0.1, 0.15) is 45.2 Å². The van der Waals surface area contributed by atoms with Crippen LogP contribution in [0.4, 0.5) is 0 Å². The fourth-order valence-electron chi connectivity index (χ4n) is 3.94. The first-order chi connectivity index (χ1) is 15.0. The average Bonchev–Trinajstić information content (AvgIpc) is 3.51. The quantitative estimate of drug-likeness (QED) is 0.247. The van der Waals surface area contributed by atoms with Crippen molar-refractivity contribution in [3.8, 4) is 0 Å². The highest BCUT2D eigenvalue weighted by Crippen LogP contribution is 2.27. The first-order valence-corrected chi connectivity index (χ1v) is 12.2. The van der Waals surface area contributed by atoms with Crippen LogP contribution in [0.3, 0.4) is 0 Å². The van der Waals surface area contributed by atoms with E-state index in [2.05, 4.69) is 70.4 Å². The second kappa shape index (κ2) is 9.66. The monoisotopic (exact) mass is 450 g/mol. The van der Waals surface area contributed by atoms with Gasteiger partial charge in [0.2, 0.25) is 0 Å². The molecule has 0 N–H and O–H groups in total. The number of rotatable bonds is 9. The largest absolute Gasteiger partial charge is 0.341 e. The maximum atomic E-state index is 13.1. The Balaban J connectivity index is 1.44. The molecular formula is C24H26N4OS2. The summed E-state index contributed by atoms with van der Waals surface area (Å²) in [6.45, 7) is 7.09. The molecule has 0 aliphatic heterocycles. The molecule has 0 saturated carbocycles. The molecule has 0 bridgehead atoms. The van der Waals surface area contributed by atoms with E-state index in [0.29, 0.717) is 5.75 Å². The molecule has 0 aliphatic carbocycles. The third-order valence-corrected chi connectivity index (χ3v) is 7.46. The molecule has 7 heteroatoms. The van der Waals surface area contributed by atoms with E-state index < -0.39 is 0 Å². The Labute approximate surface area is 191 Å². The number of Topliss-reactive ketones (excluding diaryl/α,β-unsaturated/α-hetero) is 1. The van der Waals surface area contributed by atoms with Gasteiger partial charge in [-0.25, -0.2) is 0 Å². The Kier molecular flexibility index (Phi) is 6.73. The number of aryl methyl sites for hydroxylation is 3. The molecule has 0 saturated heterocycles. The van der Waals surface area contributed by atoms with Gasteiger partial charge in [0.15, 0.2) is 10.9 Å². The van der Waals surface area contributed by atoms with Crippen molar-refractivity contribution in [2.24, 2.45) is 0 Å². The van der Waals surface area contributed by atoms with Crippen LogP contribution in [0.15, 0.2) is 65.4 Å². The smallest absolute Gasteiger partial charge is 0.191 e. The summed E-state index contributed by atoms with van der Waals surface area (Å²) >= 11 is 3.21. The van der Waals surface area contributed by atoms with Gasteiger partial charge in [-0.2, -0.15) is 0 Å². The van der Waals surface area contributed by atoms with Gasteiger partial charge in [-0.05, 0) is 50.3 Å². The maximum Gasteiger partial charge on any atom is 0.191 e. The van der Waals surface area contributed by atoms with Gasteiger partial charge >= 0.3 is 0 Å². The van der Waals surface area contributed by atoms with Crippen LogP contribution in [0, 0.1) is 13.8 Å². The van der Waals surface area contributed by atoms with Crippen molar-refractivity contribution in [3.05, 3.63) is 87.6 Å². The van der Waals surface area contributed by atoms with E-state index in [1.54, 1.807) is 17.7 Å². The molecule has 0 fully saturated rings. The van der Waals surface area contributed by atoms with Gasteiger partial charge in [0.05, 0.1) is 11.8 Å². The number of aromatic nitrogens is 4. The van der Waals surface area contributed by atoms with E-state index in [-0.39, 0.29) is 11.8 Å². The number of carbonyl (C=O) groups is 1. The van der Waals surface area contributed by atoms with E-state index >= 15 is 0 Å². The van der Waals surface area contributed by atoms with Crippen LogP contribution in [0.25, 0.3) is 0 Å². The van der Waals surface area contributed by atoms with Crippen LogP contribution in [-0.2, 0) is 13.0 Å². The molecule has 31 heavy (non-hydrogen) atoms. The minimum absolute atomic E-state index is 0.123. The minimum atomic E-state index is 0.123. The third-order valence-electron chi connectivity index (χ3n) is 5.55. The van der Waals surface area contributed by atoms with E-state index in [1.165, 1.54) is 22.2 Å². The molecule has 1 aromatic carbocycles. The Hall–Kier alpha value is -2.64. The molecule has 3 heterocycles. The summed E-state index contributed by atoms with van der Waals surface area (Å²) in [7, 11) is 0. The van der Waals surface area contributed by atoms with Crippen LogP contribution in [-0.4, -0.2) is 30.9 Å². The van der Waals surface area contributed by atoms with Crippen molar-refractivity contribution < 1.29 is 4.79 Å². The minimum Gasteiger partial charge on any atom is -0.341 e. The zero-order valence-corrected chi connectivity index (χ0v) is 19.6. The van der Waals surface area contributed by atoms with Crippen molar-refractivity contribution in [3.63, 3.8) is 0 Å². The molecule has 0 spiro atoms. The lowest BCUT2D eigenvalue weighted by molar-refractivity contribution is 0.102. The molecule has 0 aliphatic rings. The second-order valence-electron chi connectivity index (χ2n) is 7.59. The molecule has 4 rings (SSSR count). The van der Waals surface area contributed by atoms with Crippen molar-refractivity contribution in [1.29, 1.82) is 0 Å². The first kappa shape index (κ1) is 21.6. The Morgan fingerprint density at radius 3 is 2.71 bits per heavy atom. The molecule has 0 amide bonds. The number of thioether (sulfide) groups is 1. The van der Waals surface area contributed by atoms with E-state index in [9.17, 15) is 4.79 Å². The van der Waals surface area contributed by atoms with Gasteiger partial charge in [0.1, 0.15) is 6.33 Å². The summed E-state index contributed by atoms with van der Waals surface area (Å²) < 4.78 is 4.27. The number of hydrogen-bond donors (Lipinski definition) is 0. The number of benzene rings is 1. The van der Waals surface area contributed by atoms with Gasteiger partial charge in [-0.1, -0.05) is 48.2 Å². The third kappa shape index (κ3) is 4.83. The van der Waals surface area contributed by atoms with Gasteiger partial charge in [0, 0.05) is 28.4 Å². The highest BCUT2D eigenvalue weighted by atomic mass is 32.2. The Morgan fingerprint density at radius 1 is 1.16 bits per heavy atom. The fraction of sp³-hybridized carbons (Fsp3) is 0.292. The average molecular weight is 451 g/mol. The first-order valence-electron chi connectivity index (χ1n) is 10.3. The summed E-state index contributed by atoms with van der Waals surface area (Å²) in [5, 5.41) is 11.1. The standard InChI is InChI=1S/C24H26N4OS2/c1-17-14-22(19(3)28(17)18(2)20-8-5-4-6-9-20)23(29)15-31-24-26-25-16-27(24)12-11-21-10-7-13-30-21/h4-10,13-14,16,18H,11-12,15H2,1-3H3. The summed E-state index contributed by atoms with van der Waals surface area (Å²) in [5.41, 5.74) is 4.13. The van der Waals surface area contributed by atoms with Crippen LogP contribution in [0.5, 0.6) is 0 Å². The molecule has 160 valence electrons. The molecule has 0 radical (unpaired) electrons. The SMILES string of the molecule is Cc1cc(C(=O)CSc2nncn2CCc2cccs2)c(C)n1C(C)c1ccccc1. The van der Waals surface area contributed by atoms with Crippen molar-refractivity contribution in [1.82, 2.24) is 19.3 Å². The lowest BCUT2D eigenvalue weighted by atomic mass is 10.1. The predicted molar refractivity (Wildman–Crippen MR) is 127 cm³/mol. The summed E-state index contributed by atoms with van der Waals surface area (Å²) in [5.74, 6) is 0.472. The van der Waals surface area contributed by atoms with E-state index in [0.717, 1.165) is 35.1 Å². The summed E-state index contributed by atoms with van der Waals surface area (Å²) in [6.07, 6.45) is 2.68. The maximum absolute atomic E-state index is 13.1. The van der Waals surface area contributed by atoms with Gasteiger partial charge in [0.25, 0.3) is 0 Å². The van der Waals surface area contributed by atoms with Crippen molar-refractivity contribution >= 4 is 28.9 Å². The lowest BCUT2D eigenvalue weighted by Gasteiger charge is -2.19. The number of carbonyl (C=O) groups excluding carboxylic acids is 1. The highest BCUT2D eigenvalue weighted by Gasteiger charge is 2.20.